The Morgan fingerprint density at radius 2 is 2.08 bits per heavy atom. The molecule has 0 saturated carbocycles. The van der Waals surface area contributed by atoms with Crippen molar-refractivity contribution >= 4 is 17.5 Å². The van der Waals surface area contributed by atoms with Crippen LogP contribution in [-0.4, -0.2) is 57.3 Å². The highest BCUT2D eigenvalue weighted by Gasteiger charge is 2.24. The van der Waals surface area contributed by atoms with E-state index in [1.165, 1.54) is 17.0 Å². The van der Waals surface area contributed by atoms with Crippen LogP contribution < -0.4 is 11.1 Å². The molecule has 128 valence electrons. The van der Waals surface area contributed by atoms with Crippen LogP contribution in [0.4, 0.5) is 0 Å². The van der Waals surface area contributed by atoms with Gasteiger partial charge in [-0.25, -0.2) is 9.97 Å². The van der Waals surface area contributed by atoms with Gasteiger partial charge in [0.15, 0.2) is 17.1 Å². The summed E-state index contributed by atoms with van der Waals surface area (Å²) in [4.78, 5) is 34.8. The molecule has 1 saturated heterocycles. The number of amides is 2. The van der Waals surface area contributed by atoms with Gasteiger partial charge >= 0.3 is 0 Å². The van der Waals surface area contributed by atoms with E-state index < -0.39 is 5.91 Å². The molecule has 0 atom stereocenters. The maximum absolute atomic E-state index is 13.0. The molecule has 1 aliphatic heterocycles. The first-order chi connectivity index (χ1) is 12.1. The van der Waals surface area contributed by atoms with Gasteiger partial charge in [0.05, 0.1) is 6.26 Å². The lowest BCUT2D eigenvalue weighted by atomic mass is 10.2. The maximum atomic E-state index is 13.0. The Hall–Kier alpha value is -3.20. The number of nitrogens with zero attached hydrogens (tertiary/aromatic N) is 4. The monoisotopic (exact) mass is 340 g/mol. The fourth-order valence-electron chi connectivity index (χ4n) is 2.89. The maximum Gasteiger partial charge on any atom is 0.271 e. The predicted molar refractivity (Wildman–Crippen MR) is 88.0 cm³/mol. The van der Waals surface area contributed by atoms with Crippen LogP contribution in [0.3, 0.4) is 0 Å². The molecule has 25 heavy (non-hydrogen) atoms. The predicted octanol–water partition coefficient (Wildman–Crippen LogP) is 0.134. The lowest BCUT2D eigenvalue weighted by Crippen LogP contribution is -2.46. The van der Waals surface area contributed by atoms with E-state index in [0.29, 0.717) is 30.2 Å². The Labute approximate surface area is 142 Å². The zero-order valence-electron chi connectivity index (χ0n) is 13.3. The van der Waals surface area contributed by atoms with Crippen molar-refractivity contribution in [2.24, 2.45) is 5.73 Å². The summed E-state index contributed by atoms with van der Waals surface area (Å²) >= 11 is 0. The molecule has 2 amide bonds. The fraction of sp³-hybridized carbons (Fsp3) is 0.250. The van der Waals surface area contributed by atoms with Crippen molar-refractivity contribution in [3.63, 3.8) is 0 Å². The highest BCUT2D eigenvalue weighted by Crippen LogP contribution is 2.22. The molecule has 3 N–H and O–H groups in total. The molecule has 0 aliphatic carbocycles. The number of piperazine rings is 1. The second kappa shape index (κ2) is 6.02. The molecule has 9 nitrogen and oxygen atoms in total. The highest BCUT2D eigenvalue weighted by molar-refractivity contribution is 5.99. The molecule has 9 heteroatoms. The number of imidazole rings is 1. The SMILES string of the molecule is NC(=O)c1ncn2c(C(=O)N3CCNCC3)cc(-c3ccco3)nc12. The average Bonchev–Trinajstić information content (AvgIpc) is 3.30. The number of carbonyl (C=O) groups excluding carboxylic acids is 2. The van der Waals surface area contributed by atoms with E-state index in [0.717, 1.165) is 13.1 Å². The van der Waals surface area contributed by atoms with Gasteiger partial charge in [-0.15, -0.1) is 0 Å². The largest absolute Gasteiger partial charge is 0.463 e. The first kappa shape index (κ1) is 15.3. The molecule has 0 radical (unpaired) electrons. The van der Waals surface area contributed by atoms with E-state index in [1.54, 1.807) is 23.1 Å². The number of hydrogen-bond donors (Lipinski definition) is 2. The molecule has 3 aromatic heterocycles. The molecular weight excluding hydrogens is 324 g/mol. The first-order valence-corrected chi connectivity index (χ1v) is 7.87. The van der Waals surface area contributed by atoms with Gasteiger partial charge in [0, 0.05) is 26.2 Å². The third-order valence-electron chi connectivity index (χ3n) is 4.13. The Morgan fingerprint density at radius 1 is 1.28 bits per heavy atom. The molecule has 4 heterocycles. The van der Waals surface area contributed by atoms with Crippen LogP contribution in [0.2, 0.25) is 0 Å². The molecule has 0 spiro atoms. The third kappa shape index (κ3) is 2.64. The Bertz CT molecular complexity index is 940. The fourth-order valence-corrected chi connectivity index (χ4v) is 2.89. The van der Waals surface area contributed by atoms with Gasteiger partial charge in [0.2, 0.25) is 0 Å². The second-order valence-electron chi connectivity index (χ2n) is 5.70. The summed E-state index contributed by atoms with van der Waals surface area (Å²) in [5.74, 6) is -0.365. The van der Waals surface area contributed by atoms with E-state index in [1.807, 2.05) is 0 Å². The van der Waals surface area contributed by atoms with Crippen LogP contribution in [0.15, 0.2) is 35.2 Å². The van der Waals surface area contributed by atoms with E-state index in [2.05, 4.69) is 15.3 Å². The molecule has 0 bridgehead atoms. The standard InChI is InChI=1S/C16H16N6O3/c17-14(23)13-15-20-10(12-2-1-7-25-12)8-11(22(15)9-19-13)16(24)21-5-3-18-4-6-21/h1-2,7-9,18H,3-6H2,(H2,17,23). The smallest absolute Gasteiger partial charge is 0.271 e. The van der Waals surface area contributed by atoms with Gasteiger partial charge in [-0.2, -0.15) is 0 Å². The topological polar surface area (TPSA) is 119 Å². The minimum atomic E-state index is -0.702. The number of aromatic nitrogens is 3. The number of nitrogens with two attached hydrogens (primary N) is 1. The van der Waals surface area contributed by atoms with Gasteiger partial charge in [-0.1, -0.05) is 0 Å². The van der Waals surface area contributed by atoms with Crippen LogP contribution >= 0.6 is 0 Å². The van der Waals surface area contributed by atoms with Crippen molar-refractivity contribution in [1.29, 1.82) is 0 Å². The number of nitrogens with one attached hydrogen (secondary N) is 1. The lowest BCUT2D eigenvalue weighted by molar-refractivity contribution is 0.0728. The lowest BCUT2D eigenvalue weighted by Gasteiger charge is -2.27. The van der Waals surface area contributed by atoms with Crippen molar-refractivity contribution in [1.82, 2.24) is 24.6 Å². The van der Waals surface area contributed by atoms with Crippen LogP contribution in [0, 0.1) is 0 Å². The number of furan rings is 1. The van der Waals surface area contributed by atoms with E-state index in [9.17, 15) is 9.59 Å². The third-order valence-corrected chi connectivity index (χ3v) is 4.13. The molecule has 1 fully saturated rings. The molecular formula is C16H16N6O3. The summed E-state index contributed by atoms with van der Waals surface area (Å²) in [6.45, 7) is 2.69. The summed E-state index contributed by atoms with van der Waals surface area (Å²) in [5.41, 5.74) is 6.44. The van der Waals surface area contributed by atoms with Gasteiger partial charge in [-0.05, 0) is 18.2 Å². The normalized spacial score (nSPS) is 14.8. The van der Waals surface area contributed by atoms with Crippen LogP contribution in [-0.2, 0) is 0 Å². The van der Waals surface area contributed by atoms with Gasteiger partial charge in [0.1, 0.15) is 17.7 Å². The Balaban J connectivity index is 1.89. The summed E-state index contributed by atoms with van der Waals surface area (Å²) in [7, 11) is 0. The summed E-state index contributed by atoms with van der Waals surface area (Å²) in [5, 5.41) is 3.21. The van der Waals surface area contributed by atoms with Gasteiger partial charge < -0.3 is 20.4 Å². The quantitative estimate of drug-likeness (QED) is 0.700. The van der Waals surface area contributed by atoms with Crippen molar-refractivity contribution in [3.05, 3.63) is 42.2 Å². The number of hydrogen-bond acceptors (Lipinski definition) is 6. The van der Waals surface area contributed by atoms with Crippen molar-refractivity contribution in [2.75, 3.05) is 26.2 Å². The molecule has 0 aromatic carbocycles. The highest BCUT2D eigenvalue weighted by atomic mass is 16.3. The average molecular weight is 340 g/mol. The number of primary amides is 1. The van der Waals surface area contributed by atoms with Gasteiger partial charge in [-0.3, -0.25) is 14.0 Å². The van der Waals surface area contributed by atoms with Crippen LogP contribution in [0.1, 0.15) is 21.0 Å². The van der Waals surface area contributed by atoms with E-state index >= 15 is 0 Å². The Kier molecular flexibility index (Phi) is 3.69. The van der Waals surface area contributed by atoms with E-state index in [4.69, 9.17) is 10.2 Å². The minimum absolute atomic E-state index is 0.0165. The zero-order valence-corrected chi connectivity index (χ0v) is 13.3. The zero-order chi connectivity index (χ0) is 17.4. The summed E-state index contributed by atoms with van der Waals surface area (Å²) < 4.78 is 6.88. The molecule has 3 aromatic rings. The molecule has 0 unspecified atom stereocenters. The first-order valence-electron chi connectivity index (χ1n) is 7.87. The summed E-state index contributed by atoms with van der Waals surface area (Å²) in [6, 6.07) is 5.10. The minimum Gasteiger partial charge on any atom is -0.463 e. The second-order valence-corrected chi connectivity index (χ2v) is 5.70. The summed E-state index contributed by atoms with van der Waals surface area (Å²) in [6.07, 6.45) is 2.91. The molecule has 4 rings (SSSR count). The van der Waals surface area contributed by atoms with Crippen LogP contribution in [0.25, 0.3) is 17.1 Å². The van der Waals surface area contributed by atoms with Gasteiger partial charge in [0.25, 0.3) is 11.8 Å². The number of fused-ring (bicyclic) bond motifs is 1. The number of carbonyl (C=O) groups is 2. The number of rotatable bonds is 3. The molecule has 1 aliphatic rings. The van der Waals surface area contributed by atoms with E-state index in [-0.39, 0.29) is 17.2 Å². The van der Waals surface area contributed by atoms with Crippen molar-refractivity contribution in [2.45, 2.75) is 0 Å². The van der Waals surface area contributed by atoms with Crippen molar-refractivity contribution in [3.8, 4) is 11.5 Å². The van der Waals surface area contributed by atoms with Crippen LogP contribution in [0.5, 0.6) is 0 Å². The Morgan fingerprint density at radius 3 is 2.76 bits per heavy atom. The van der Waals surface area contributed by atoms with Crippen molar-refractivity contribution < 1.29 is 14.0 Å².